The summed E-state index contributed by atoms with van der Waals surface area (Å²) in [6.45, 7) is 0.964. The third kappa shape index (κ3) is 2.34. The van der Waals surface area contributed by atoms with Crippen molar-refractivity contribution in [1.82, 2.24) is 4.90 Å². The number of oxime groups is 1. The minimum atomic E-state index is -0.400. The second-order valence-corrected chi connectivity index (χ2v) is 8.64. The molecule has 0 spiro atoms. The molecule has 2 aromatic rings. The number of thiophene rings is 1. The topological polar surface area (TPSA) is 24.8 Å². The van der Waals surface area contributed by atoms with Crippen molar-refractivity contribution < 1.29 is 4.84 Å². The SMILES string of the molecule is Clc1ccc(C2=NOC3(C4CCCCC4)c4ccsc4CCN23)cc1. The van der Waals surface area contributed by atoms with Gasteiger partial charge in [-0.15, -0.1) is 11.3 Å². The maximum atomic E-state index is 6.35. The van der Waals surface area contributed by atoms with E-state index < -0.39 is 5.72 Å². The van der Waals surface area contributed by atoms with E-state index in [1.807, 2.05) is 35.6 Å². The van der Waals surface area contributed by atoms with E-state index >= 15 is 0 Å². The van der Waals surface area contributed by atoms with Crippen molar-refractivity contribution in [1.29, 1.82) is 0 Å². The number of benzene rings is 1. The van der Waals surface area contributed by atoms with Gasteiger partial charge in [0, 0.05) is 39.9 Å². The summed E-state index contributed by atoms with van der Waals surface area (Å²) >= 11 is 7.93. The van der Waals surface area contributed by atoms with E-state index in [1.54, 1.807) is 0 Å². The standard InChI is InChI=1S/C20H21ClN2OS/c21-16-8-6-14(7-9-16)19-22-24-20(15-4-2-1-3-5-15)17-11-13-25-18(17)10-12-23(19)20/h6-9,11,13,15H,1-5,10,12H2. The average molecular weight is 373 g/mol. The van der Waals surface area contributed by atoms with Gasteiger partial charge in [-0.2, -0.15) is 0 Å². The van der Waals surface area contributed by atoms with Crippen molar-refractivity contribution in [2.75, 3.05) is 6.54 Å². The number of nitrogens with zero attached hydrogens (tertiary/aromatic N) is 2. The Kier molecular flexibility index (Phi) is 3.79. The van der Waals surface area contributed by atoms with Crippen LogP contribution in [0.4, 0.5) is 0 Å². The third-order valence-corrected chi connectivity index (χ3v) is 7.12. The van der Waals surface area contributed by atoms with Gasteiger partial charge in [0.05, 0.1) is 0 Å². The monoisotopic (exact) mass is 372 g/mol. The Morgan fingerprint density at radius 1 is 1.12 bits per heavy atom. The second kappa shape index (κ2) is 6.03. The summed E-state index contributed by atoms with van der Waals surface area (Å²) in [5.41, 5.74) is 2.03. The molecule has 5 rings (SSSR count). The van der Waals surface area contributed by atoms with Crippen molar-refractivity contribution in [2.24, 2.45) is 11.1 Å². The van der Waals surface area contributed by atoms with E-state index in [1.165, 1.54) is 42.5 Å². The number of amidine groups is 1. The first-order valence-corrected chi connectivity index (χ1v) is 10.4. The van der Waals surface area contributed by atoms with Crippen LogP contribution in [-0.2, 0) is 17.0 Å². The van der Waals surface area contributed by atoms with Gasteiger partial charge in [0.2, 0.25) is 5.72 Å². The van der Waals surface area contributed by atoms with Gasteiger partial charge in [0.25, 0.3) is 0 Å². The molecular formula is C20H21ClN2OS. The van der Waals surface area contributed by atoms with Gasteiger partial charge in [0.15, 0.2) is 5.84 Å². The summed E-state index contributed by atoms with van der Waals surface area (Å²) < 4.78 is 0. The number of hydrogen-bond acceptors (Lipinski definition) is 4. The van der Waals surface area contributed by atoms with Crippen LogP contribution in [0.3, 0.4) is 0 Å². The highest BCUT2D eigenvalue weighted by atomic mass is 35.5. The molecule has 2 aliphatic heterocycles. The van der Waals surface area contributed by atoms with Gasteiger partial charge in [-0.3, -0.25) is 0 Å². The van der Waals surface area contributed by atoms with Crippen molar-refractivity contribution in [3.63, 3.8) is 0 Å². The molecule has 0 saturated heterocycles. The van der Waals surface area contributed by atoms with Crippen molar-refractivity contribution in [2.45, 2.75) is 44.2 Å². The zero-order valence-electron chi connectivity index (χ0n) is 14.1. The molecule has 1 aliphatic carbocycles. The van der Waals surface area contributed by atoms with E-state index in [0.29, 0.717) is 5.92 Å². The van der Waals surface area contributed by atoms with Crippen molar-refractivity contribution in [3.05, 3.63) is 56.7 Å². The first kappa shape index (κ1) is 15.7. The Labute approximate surface area is 157 Å². The number of halogens is 1. The van der Waals surface area contributed by atoms with Crippen LogP contribution < -0.4 is 0 Å². The first-order valence-electron chi connectivity index (χ1n) is 9.15. The van der Waals surface area contributed by atoms with Gasteiger partial charge in [-0.05, 0) is 48.6 Å². The molecule has 1 saturated carbocycles. The fourth-order valence-corrected chi connectivity index (χ4v) is 5.76. The van der Waals surface area contributed by atoms with Gasteiger partial charge >= 0.3 is 0 Å². The highest BCUT2D eigenvalue weighted by molar-refractivity contribution is 7.10. The second-order valence-electron chi connectivity index (χ2n) is 7.20. The first-order chi connectivity index (χ1) is 12.3. The quantitative estimate of drug-likeness (QED) is 0.706. The van der Waals surface area contributed by atoms with Crippen LogP contribution in [0.25, 0.3) is 0 Å². The Morgan fingerprint density at radius 2 is 1.92 bits per heavy atom. The maximum Gasteiger partial charge on any atom is 0.241 e. The van der Waals surface area contributed by atoms with E-state index in [9.17, 15) is 0 Å². The Bertz CT molecular complexity index is 809. The Hall–Kier alpha value is -1.52. The molecule has 0 bridgehead atoms. The van der Waals surface area contributed by atoms with Gasteiger partial charge in [-0.1, -0.05) is 36.0 Å². The van der Waals surface area contributed by atoms with Crippen molar-refractivity contribution >= 4 is 28.8 Å². The fourth-order valence-electron chi connectivity index (χ4n) is 4.72. The molecule has 1 fully saturated rings. The number of fused-ring (bicyclic) bond motifs is 3. The molecule has 130 valence electrons. The third-order valence-electron chi connectivity index (χ3n) is 5.88. The van der Waals surface area contributed by atoms with Crippen LogP contribution in [0.2, 0.25) is 5.02 Å². The van der Waals surface area contributed by atoms with Crippen LogP contribution >= 0.6 is 22.9 Å². The molecule has 0 N–H and O–H groups in total. The molecule has 1 atom stereocenters. The molecule has 1 aromatic carbocycles. The largest absolute Gasteiger partial charge is 0.360 e. The molecule has 1 aromatic heterocycles. The minimum absolute atomic E-state index is 0.400. The lowest BCUT2D eigenvalue weighted by Gasteiger charge is -2.46. The molecule has 25 heavy (non-hydrogen) atoms. The van der Waals surface area contributed by atoms with Crippen LogP contribution in [0, 0.1) is 5.92 Å². The molecular weight excluding hydrogens is 352 g/mol. The van der Waals surface area contributed by atoms with Gasteiger partial charge in [0.1, 0.15) is 0 Å². The van der Waals surface area contributed by atoms with Crippen LogP contribution in [0.1, 0.15) is 48.1 Å². The normalized spacial score (nSPS) is 26.0. The van der Waals surface area contributed by atoms with Gasteiger partial charge < -0.3 is 9.74 Å². The highest BCUT2D eigenvalue weighted by Crippen LogP contribution is 2.52. The van der Waals surface area contributed by atoms with E-state index in [-0.39, 0.29) is 0 Å². The summed E-state index contributed by atoms with van der Waals surface area (Å²) in [7, 11) is 0. The predicted octanol–water partition coefficient (Wildman–Crippen LogP) is 5.38. The van der Waals surface area contributed by atoms with Crippen LogP contribution in [-0.4, -0.2) is 17.3 Å². The smallest absolute Gasteiger partial charge is 0.241 e. The molecule has 0 radical (unpaired) electrons. The number of hydrogen-bond donors (Lipinski definition) is 0. The van der Waals surface area contributed by atoms with Gasteiger partial charge in [-0.25, -0.2) is 0 Å². The average Bonchev–Trinajstić information content (AvgIpc) is 3.28. The summed E-state index contributed by atoms with van der Waals surface area (Å²) in [6, 6.07) is 10.2. The van der Waals surface area contributed by atoms with Crippen LogP contribution in [0.15, 0.2) is 40.9 Å². The lowest BCUT2D eigenvalue weighted by atomic mass is 9.76. The molecule has 1 unspecified atom stereocenters. The van der Waals surface area contributed by atoms with Crippen molar-refractivity contribution in [3.8, 4) is 0 Å². The van der Waals surface area contributed by atoms with E-state index in [4.69, 9.17) is 16.4 Å². The van der Waals surface area contributed by atoms with E-state index in [2.05, 4.69) is 21.5 Å². The summed E-state index contributed by atoms with van der Waals surface area (Å²) in [4.78, 5) is 10.3. The lowest BCUT2D eigenvalue weighted by Crippen LogP contribution is -2.55. The lowest BCUT2D eigenvalue weighted by molar-refractivity contribution is -0.160. The van der Waals surface area contributed by atoms with Crippen LogP contribution in [0.5, 0.6) is 0 Å². The molecule has 3 aliphatic rings. The summed E-state index contributed by atoms with van der Waals surface area (Å²) in [5.74, 6) is 1.46. The van der Waals surface area contributed by atoms with E-state index in [0.717, 1.165) is 29.4 Å². The molecule has 3 heterocycles. The fraction of sp³-hybridized carbons (Fsp3) is 0.450. The number of rotatable bonds is 2. The maximum absolute atomic E-state index is 6.35. The Balaban J connectivity index is 1.59. The predicted molar refractivity (Wildman–Crippen MR) is 102 cm³/mol. The molecule has 5 heteroatoms. The summed E-state index contributed by atoms with van der Waals surface area (Å²) in [5, 5.41) is 7.57. The zero-order chi connectivity index (χ0) is 16.9. The summed E-state index contributed by atoms with van der Waals surface area (Å²) in [6.07, 6.45) is 7.43. The molecule has 0 amide bonds. The Morgan fingerprint density at radius 3 is 2.72 bits per heavy atom. The zero-order valence-corrected chi connectivity index (χ0v) is 15.7. The molecule has 3 nitrogen and oxygen atoms in total. The minimum Gasteiger partial charge on any atom is -0.360 e. The highest BCUT2D eigenvalue weighted by Gasteiger charge is 2.56.